The topological polar surface area (TPSA) is 6.48 Å². The predicted octanol–water partition coefficient (Wildman–Crippen LogP) is 13.9. The van der Waals surface area contributed by atoms with Crippen LogP contribution < -0.4 is 9.80 Å². The van der Waals surface area contributed by atoms with E-state index in [0.29, 0.717) is 0 Å². The number of anilines is 6. The van der Waals surface area contributed by atoms with E-state index < -0.39 is 0 Å². The van der Waals surface area contributed by atoms with E-state index in [1.807, 2.05) is 0 Å². The summed E-state index contributed by atoms with van der Waals surface area (Å²) in [5.41, 5.74) is 20.5. The lowest BCUT2D eigenvalue weighted by atomic mass is 9.66. The molecule has 7 aromatic carbocycles. The summed E-state index contributed by atoms with van der Waals surface area (Å²) in [7, 11) is 0. The van der Waals surface area contributed by atoms with Crippen LogP contribution in [0, 0.1) is 0 Å². The van der Waals surface area contributed by atoms with Crippen LogP contribution in [0.4, 0.5) is 34.1 Å². The van der Waals surface area contributed by atoms with E-state index in [1.54, 1.807) is 0 Å². The van der Waals surface area contributed by atoms with E-state index in [0.717, 1.165) is 11.4 Å². The number of hydrogen-bond acceptors (Lipinski definition) is 2. The van der Waals surface area contributed by atoms with Gasteiger partial charge >= 0.3 is 0 Å². The third kappa shape index (κ3) is 4.45. The van der Waals surface area contributed by atoms with Gasteiger partial charge in [0.25, 0.3) is 0 Å². The Kier molecular flexibility index (Phi) is 6.65. The van der Waals surface area contributed by atoms with Crippen LogP contribution in [0.25, 0.3) is 22.3 Å². The van der Waals surface area contributed by atoms with E-state index in [4.69, 9.17) is 0 Å². The van der Waals surface area contributed by atoms with Gasteiger partial charge in [-0.25, -0.2) is 0 Å². The van der Waals surface area contributed by atoms with E-state index in [1.165, 1.54) is 78.4 Å². The molecule has 2 nitrogen and oxygen atoms in total. The highest BCUT2D eigenvalue weighted by atomic mass is 15.2. The minimum atomic E-state index is -0.165. The van der Waals surface area contributed by atoms with Crippen molar-refractivity contribution in [1.29, 1.82) is 0 Å². The first-order valence-corrected chi connectivity index (χ1v) is 18.9. The highest BCUT2D eigenvalue weighted by Crippen LogP contribution is 2.60. The van der Waals surface area contributed by atoms with Gasteiger partial charge in [0.2, 0.25) is 0 Å². The molecule has 1 aliphatic carbocycles. The Bertz CT molecular complexity index is 2550. The first kappa shape index (κ1) is 31.8. The van der Waals surface area contributed by atoms with Gasteiger partial charge in [0.05, 0.1) is 17.1 Å². The zero-order valence-electron chi connectivity index (χ0n) is 31.4. The highest BCUT2D eigenvalue weighted by molar-refractivity contribution is 5.94. The molecule has 0 atom stereocenters. The van der Waals surface area contributed by atoms with Crippen molar-refractivity contribution in [1.82, 2.24) is 0 Å². The van der Waals surface area contributed by atoms with Crippen LogP contribution in [0.5, 0.6) is 0 Å². The molecule has 0 radical (unpaired) electrons. The Hall–Kier alpha value is -5.86. The standard InChI is InChI=1S/C51H44N2/c1-49(2)40-20-13-14-23-46(40)53-47-29-25-34(31-45(47)50(3,4)42-22-15-21-41(49)48(42)53)33-24-27-38-39-28-26-37(32-44(39)51(5,6)43(38)30-33)52(35-16-9-7-10-17-35)36-18-11-8-12-19-36/h7-32H,1-6H3. The lowest BCUT2D eigenvalue weighted by molar-refractivity contribution is 0.597. The quantitative estimate of drug-likeness (QED) is 0.182. The van der Waals surface area contributed by atoms with Crippen LogP contribution in [0.3, 0.4) is 0 Å². The summed E-state index contributed by atoms with van der Waals surface area (Å²) >= 11 is 0. The fraction of sp³-hybridized carbons (Fsp3) is 0.176. The fourth-order valence-corrected chi connectivity index (χ4v) is 9.71. The van der Waals surface area contributed by atoms with Crippen molar-refractivity contribution in [2.75, 3.05) is 9.80 Å². The second-order valence-electron chi connectivity index (χ2n) is 16.7. The molecule has 2 heterocycles. The molecule has 10 rings (SSSR count). The molecular formula is C51H44N2. The second kappa shape index (κ2) is 11.1. The van der Waals surface area contributed by atoms with Gasteiger partial charge < -0.3 is 9.80 Å². The first-order valence-electron chi connectivity index (χ1n) is 18.9. The van der Waals surface area contributed by atoms with Crippen molar-refractivity contribution in [2.45, 2.75) is 57.8 Å². The van der Waals surface area contributed by atoms with Crippen molar-refractivity contribution >= 4 is 34.1 Å². The van der Waals surface area contributed by atoms with E-state index in [-0.39, 0.29) is 16.2 Å². The molecule has 0 aromatic heterocycles. The Morgan fingerprint density at radius 2 is 0.830 bits per heavy atom. The van der Waals surface area contributed by atoms with Crippen LogP contribution in [-0.4, -0.2) is 0 Å². The number of benzene rings is 7. The second-order valence-corrected chi connectivity index (χ2v) is 16.7. The molecule has 0 spiro atoms. The molecule has 258 valence electrons. The van der Waals surface area contributed by atoms with Gasteiger partial charge in [0.1, 0.15) is 0 Å². The highest BCUT2D eigenvalue weighted by Gasteiger charge is 2.45. The maximum absolute atomic E-state index is 2.55. The van der Waals surface area contributed by atoms with Crippen LogP contribution in [0.2, 0.25) is 0 Å². The number of fused-ring (bicyclic) bond motifs is 7. The third-order valence-electron chi connectivity index (χ3n) is 12.6. The Morgan fingerprint density at radius 3 is 1.49 bits per heavy atom. The van der Waals surface area contributed by atoms with Crippen molar-refractivity contribution in [2.24, 2.45) is 0 Å². The number of nitrogens with zero attached hydrogens (tertiary/aromatic N) is 2. The zero-order chi connectivity index (χ0) is 36.3. The summed E-state index contributed by atoms with van der Waals surface area (Å²) < 4.78 is 0. The zero-order valence-corrected chi connectivity index (χ0v) is 31.4. The molecule has 0 fully saturated rings. The van der Waals surface area contributed by atoms with E-state index in [9.17, 15) is 0 Å². The Labute approximate surface area is 314 Å². The van der Waals surface area contributed by atoms with E-state index >= 15 is 0 Å². The van der Waals surface area contributed by atoms with Crippen molar-refractivity contribution in [3.63, 3.8) is 0 Å². The van der Waals surface area contributed by atoms with Gasteiger partial charge in [0, 0.05) is 33.3 Å². The molecule has 0 saturated carbocycles. The van der Waals surface area contributed by atoms with Gasteiger partial charge in [0.15, 0.2) is 0 Å². The molecule has 0 N–H and O–H groups in total. The number of hydrogen-bond donors (Lipinski definition) is 0. The lowest BCUT2D eigenvalue weighted by Gasteiger charge is -2.49. The van der Waals surface area contributed by atoms with Crippen molar-refractivity contribution in [3.05, 3.63) is 191 Å². The van der Waals surface area contributed by atoms with E-state index in [2.05, 4.69) is 209 Å². The molecular weight excluding hydrogens is 641 g/mol. The maximum atomic E-state index is 2.55. The normalized spacial score (nSPS) is 16.2. The molecule has 3 aliphatic rings. The van der Waals surface area contributed by atoms with Gasteiger partial charge in [-0.05, 0) is 116 Å². The third-order valence-corrected chi connectivity index (χ3v) is 12.6. The average Bonchev–Trinajstić information content (AvgIpc) is 3.40. The molecule has 0 amide bonds. The van der Waals surface area contributed by atoms with Crippen molar-refractivity contribution < 1.29 is 0 Å². The van der Waals surface area contributed by atoms with Crippen LogP contribution >= 0.6 is 0 Å². The van der Waals surface area contributed by atoms with Gasteiger partial charge in [-0.3, -0.25) is 0 Å². The molecule has 0 saturated heterocycles. The lowest BCUT2D eigenvalue weighted by Crippen LogP contribution is -2.38. The smallest absolute Gasteiger partial charge is 0.0543 e. The molecule has 0 bridgehead atoms. The number of rotatable bonds is 4. The summed E-state index contributed by atoms with van der Waals surface area (Å²) in [5, 5.41) is 0. The predicted molar refractivity (Wildman–Crippen MR) is 223 cm³/mol. The van der Waals surface area contributed by atoms with Crippen LogP contribution in [0.15, 0.2) is 158 Å². The van der Waals surface area contributed by atoms with Gasteiger partial charge in [-0.1, -0.05) is 139 Å². The molecule has 53 heavy (non-hydrogen) atoms. The number of para-hydroxylation sites is 4. The molecule has 0 unspecified atom stereocenters. The molecule has 2 heteroatoms. The summed E-state index contributed by atoms with van der Waals surface area (Å²) in [5.74, 6) is 0. The van der Waals surface area contributed by atoms with Crippen LogP contribution in [0.1, 0.15) is 74.9 Å². The molecule has 2 aliphatic heterocycles. The summed E-state index contributed by atoms with van der Waals surface area (Å²) in [6, 6.07) is 58.7. The summed E-state index contributed by atoms with van der Waals surface area (Å²) in [6.45, 7) is 14.3. The first-order chi connectivity index (χ1) is 25.6. The minimum Gasteiger partial charge on any atom is -0.310 e. The SMILES string of the molecule is CC1(C)c2cc(-c3ccc4c(c3)C(C)(C)c3cccc5c3N4c3ccccc3C5(C)C)ccc2-c2ccc(N(c3ccccc3)c3ccccc3)cc21. The fourth-order valence-electron chi connectivity index (χ4n) is 9.71. The largest absolute Gasteiger partial charge is 0.310 e. The minimum absolute atomic E-state index is 0.0805. The molecule has 7 aromatic rings. The maximum Gasteiger partial charge on any atom is 0.0543 e. The Balaban J connectivity index is 1.07. The average molecular weight is 685 g/mol. The van der Waals surface area contributed by atoms with Crippen LogP contribution in [-0.2, 0) is 16.2 Å². The monoisotopic (exact) mass is 684 g/mol. The van der Waals surface area contributed by atoms with Gasteiger partial charge in [-0.2, -0.15) is 0 Å². The Morgan fingerprint density at radius 1 is 0.358 bits per heavy atom. The summed E-state index contributed by atoms with van der Waals surface area (Å²) in [6.07, 6.45) is 0. The van der Waals surface area contributed by atoms with Gasteiger partial charge in [-0.15, -0.1) is 0 Å². The van der Waals surface area contributed by atoms with Crippen molar-refractivity contribution in [3.8, 4) is 22.3 Å². The summed E-state index contributed by atoms with van der Waals surface area (Å²) in [4.78, 5) is 4.91.